The van der Waals surface area contributed by atoms with Crippen LogP contribution in [0.25, 0.3) is 10.9 Å². The number of carbonyl (C=O) groups excluding carboxylic acids is 1. The maximum Gasteiger partial charge on any atom is 0.320 e. The fraction of sp³-hybridized carbons (Fsp3) is 0.464. The first-order valence-electron chi connectivity index (χ1n) is 13.0. The minimum atomic E-state index is -0.491. The Hall–Kier alpha value is -3.17. The van der Waals surface area contributed by atoms with E-state index in [0.717, 1.165) is 37.5 Å². The van der Waals surface area contributed by atoms with Crippen molar-refractivity contribution in [2.75, 3.05) is 31.6 Å². The number of hydrogen-bond donors (Lipinski definition) is 1. The van der Waals surface area contributed by atoms with Gasteiger partial charge in [-0.2, -0.15) is 0 Å². The molecule has 0 bridgehead atoms. The number of aromatic nitrogens is 2. The number of fused-ring (bicyclic) bond motifs is 1. The van der Waals surface area contributed by atoms with Crippen LogP contribution in [0.2, 0.25) is 5.02 Å². The SMILES string of the molecule is CC1(C)CN(CCCOc2cc3c(Nc4ccc(F)c(Cl)c4)ncnc3cc2OC2CCCC2)CC(=O)O1. The number of esters is 1. The van der Waals surface area contributed by atoms with Crippen molar-refractivity contribution in [2.45, 2.75) is 57.7 Å². The number of nitrogens with one attached hydrogen (secondary N) is 1. The first-order chi connectivity index (χ1) is 18.3. The number of nitrogens with zero attached hydrogens (tertiary/aromatic N) is 3. The summed E-state index contributed by atoms with van der Waals surface area (Å²) in [6.07, 6.45) is 6.69. The van der Waals surface area contributed by atoms with Crippen LogP contribution in [0, 0.1) is 5.82 Å². The highest BCUT2D eigenvalue weighted by Crippen LogP contribution is 2.37. The van der Waals surface area contributed by atoms with E-state index in [1.165, 1.54) is 18.5 Å². The lowest BCUT2D eigenvalue weighted by atomic mass is 10.1. The quantitative estimate of drug-likeness (QED) is 0.264. The molecule has 2 fully saturated rings. The van der Waals surface area contributed by atoms with E-state index in [9.17, 15) is 9.18 Å². The Morgan fingerprint density at radius 2 is 2.00 bits per heavy atom. The number of halogens is 2. The van der Waals surface area contributed by atoms with E-state index < -0.39 is 11.4 Å². The first-order valence-corrected chi connectivity index (χ1v) is 13.4. The topological polar surface area (TPSA) is 85.8 Å². The molecule has 202 valence electrons. The normalized spacial score (nSPS) is 17.9. The average molecular weight is 543 g/mol. The molecule has 0 amide bonds. The smallest absolute Gasteiger partial charge is 0.320 e. The van der Waals surface area contributed by atoms with Crippen LogP contribution < -0.4 is 14.8 Å². The molecule has 0 atom stereocenters. The monoisotopic (exact) mass is 542 g/mol. The van der Waals surface area contributed by atoms with Crippen molar-refractivity contribution in [3.8, 4) is 11.5 Å². The summed E-state index contributed by atoms with van der Waals surface area (Å²) in [7, 11) is 0. The minimum Gasteiger partial charge on any atom is -0.490 e. The number of hydrogen-bond acceptors (Lipinski definition) is 8. The Labute approximate surface area is 226 Å². The van der Waals surface area contributed by atoms with Gasteiger partial charge in [0.25, 0.3) is 0 Å². The van der Waals surface area contributed by atoms with Gasteiger partial charge >= 0.3 is 5.97 Å². The van der Waals surface area contributed by atoms with Crippen LogP contribution in [0.15, 0.2) is 36.7 Å². The van der Waals surface area contributed by atoms with E-state index in [4.69, 9.17) is 25.8 Å². The molecule has 2 heterocycles. The Balaban J connectivity index is 1.35. The molecule has 10 heteroatoms. The molecule has 1 aliphatic carbocycles. The molecule has 5 rings (SSSR count). The van der Waals surface area contributed by atoms with Crippen molar-refractivity contribution >= 4 is 40.0 Å². The van der Waals surface area contributed by atoms with Crippen LogP contribution in [0.4, 0.5) is 15.9 Å². The number of cyclic esters (lactones) is 1. The van der Waals surface area contributed by atoms with Crippen LogP contribution in [0.1, 0.15) is 46.0 Å². The number of benzene rings is 2. The molecule has 1 aromatic heterocycles. The Kier molecular flexibility index (Phi) is 7.85. The lowest BCUT2D eigenvalue weighted by Crippen LogP contribution is -2.51. The molecular weight excluding hydrogens is 511 g/mol. The van der Waals surface area contributed by atoms with Gasteiger partial charge < -0.3 is 19.5 Å². The molecule has 3 aromatic rings. The molecule has 1 aliphatic heterocycles. The van der Waals surface area contributed by atoms with Gasteiger partial charge in [-0.05, 0) is 70.2 Å². The van der Waals surface area contributed by atoms with Gasteiger partial charge in [-0.15, -0.1) is 0 Å². The largest absolute Gasteiger partial charge is 0.490 e. The zero-order chi connectivity index (χ0) is 26.7. The zero-order valence-electron chi connectivity index (χ0n) is 21.6. The van der Waals surface area contributed by atoms with Crippen LogP contribution in [0.3, 0.4) is 0 Å². The molecule has 0 unspecified atom stereocenters. The first kappa shape index (κ1) is 26.4. The predicted molar refractivity (Wildman–Crippen MR) is 144 cm³/mol. The minimum absolute atomic E-state index is 0.0231. The molecular formula is C28H32ClFN4O4. The summed E-state index contributed by atoms with van der Waals surface area (Å²) in [6.45, 7) is 5.97. The van der Waals surface area contributed by atoms with Crippen molar-refractivity contribution in [1.82, 2.24) is 14.9 Å². The predicted octanol–water partition coefficient (Wildman–Crippen LogP) is 5.89. The number of morpholine rings is 1. The van der Waals surface area contributed by atoms with Gasteiger partial charge in [0.1, 0.15) is 23.6 Å². The van der Waals surface area contributed by atoms with Gasteiger partial charge in [0, 0.05) is 30.2 Å². The van der Waals surface area contributed by atoms with Gasteiger partial charge in [-0.1, -0.05) is 11.6 Å². The fourth-order valence-electron chi connectivity index (χ4n) is 5.04. The van der Waals surface area contributed by atoms with E-state index in [2.05, 4.69) is 20.2 Å². The summed E-state index contributed by atoms with van der Waals surface area (Å²) in [6, 6.07) is 8.18. The lowest BCUT2D eigenvalue weighted by molar-refractivity contribution is -0.169. The summed E-state index contributed by atoms with van der Waals surface area (Å²) >= 11 is 5.96. The Morgan fingerprint density at radius 1 is 1.18 bits per heavy atom. The molecule has 1 N–H and O–H groups in total. The van der Waals surface area contributed by atoms with Gasteiger partial charge in [0.05, 0.1) is 29.8 Å². The summed E-state index contributed by atoms with van der Waals surface area (Å²) in [5.74, 6) is 1.12. The summed E-state index contributed by atoms with van der Waals surface area (Å²) in [5, 5.41) is 3.97. The van der Waals surface area contributed by atoms with Crippen molar-refractivity contribution < 1.29 is 23.4 Å². The van der Waals surface area contributed by atoms with Gasteiger partial charge in [-0.25, -0.2) is 14.4 Å². The highest BCUT2D eigenvalue weighted by Gasteiger charge is 2.32. The van der Waals surface area contributed by atoms with Crippen molar-refractivity contribution in [2.24, 2.45) is 0 Å². The molecule has 1 saturated carbocycles. The van der Waals surface area contributed by atoms with E-state index in [1.807, 2.05) is 26.0 Å². The highest BCUT2D eigenvalue weighted by atomic mass is 35.5. The molecule has 1 saturated heterocycles. The Bertz CT molecular complexity index is 1320. The van der Waals surface area contributed by atoms with Crippen LogP contribution in [0.5, 0.6) is 11.5 Å². The van der Waals surface area contributed by atoms with E-state index in [1.54, 1.807) is 6.07 Å². The van der Waals surface area contributed by atoms with Crippen LogP contribution >= 0.6 is 11.6 Å². The third-order valence-electron chi connectivity index (χ3n) is 6.70. The second-order valence-corrected chi connectivity index (χ2v) is 10.9. The van der Waals surface area contributed by atoms with Gasteiger partial charge in [0.2, 0.25) is 0 Å². The number of rotatable bonds is 9. The maximum absolute atomic E-state index is 13.6. The number of carbonyl (C=O) groups is 1. The molecule has 0 spiro atoms. The molecule has 8 nitrogen and oxygen atoms in total. The molecule has 2 aromatic carbocycles. The number of ether oxygens (including phenoxy) is 3. The molecule has 38 heavy (non-hydrogen) atoms. The number of anilines is 2. The van der Waals surface area contributed by atoms with E-state index >= 15 is 0 Å². The van der Waals surface area contributed by atoms with Crippen molar-refractivity contribution in [1.29, 1.82) is 0 Å². The molecule has 0 radical (unpaired) electrons. The highest BCUT2D eigenvalue weighted by molar-refractivity contribution is 6.31. The third-order valence-corrected chi connectivity index (χ3v) is 6.99. The summed E-state index contributed by atoms with van der Waals surface area (Å²) in [5.41, 5.74) is 0.813. The second-order valence-electron chi connectivity index (χ2n) is 10.5. The zero-order valence-corrected chi connectivity index (χ0v) is 22.4. The van der Waals surface area contributed by atoms with Gasteiger partial charge in [-0.3, -0.25) is 9.69 Å². The van der Waals surface area contributed by atoms with E-state index in [-0.39, 0.29) is 23.6 Å². The summed E-state index contributed by atoms with van der Waals surface area (Å²) < 4.78 is 31.6. The average Bonchev–Trinajstić information content (AvgIpc) is 3.36. The maximum atomic E-state index is 13.6. The van der Waals surface area contributed by atoms with Crippen LogP contribution in [-0.4, -0.2) is 58.8 Å². The lowest BCUT2D eigenvalue weighted by Gasteiger charge is -2.37. The standard InChI is InChI=1S/C28H32ClFN4O4/c1-28(2)16-34(15-26(35)38-28)10-5-11-36-24-13-20-23(14-25(24)37-19-6-3-4-7-19)31-17-32-27(20)33-18-8-9-22(30)21(29)12-18/h8-9,12-14,17,19H,3-7,10-11,15-16H2,1-2H3,(H,31,32,33). The van der Waals surface area contributed by atoms with Crippen molar-refractivity contribution in [3.05, 3.63) is 47.5 Å². The fourth-order valence-corrected chi connectivity index (χ4v) is 5.22. The Morgan fingerprint density at radius 3 is 2.76 bits per heavy atom. The van der Waals surface area contributed by atoms with Crippen molar-refractivity contribution in [3.63, 3.8) is 0 Å². The van der Waals surface area contributed by atoms with Crippen LogP contribution in [-0.2, 0) is 9.53 Å². The van der Waals surface area contributed by atoms with Gasteiger partial charge in [0.15, 0.2) is 11.5 Å². The molecule has 2 aliphatic rings. The second kappa shape index (κ2) is 11.3. The third kappa shape index (κ3) is 6.45. The summed E-state index contributed by atoms with van der Waals surface area (Å²) in [4.78, 5) is 22.9. The van der Waals surface area contributed by atoms with E-state index in [0.29, 0.717) is 48.2 Å².